The average molecular weight is 689 g/mol. The molecule has 0 amide bonds. The second-order valence-electron chi connectivity index (χ2n) is 10.8. The Kier molecular flexibility index (Phi) is 11.5. The zero-order chi connectivity index (χ0) is 31.6. The van der Waals surface area contributed by atoms with Gasteiger partial charge in [-0.2, -0.15) is 9.97 Å². The van der Waals surface area contributed by atoms with Crippen LogP contribution in [0.5, 0.6) is 0 Å². The van der Waals surface area contributed by atoms with E-state index in [-0.39, 0.29) is 47.4 Å². The van der Waals surface area contributed by atoms with Gasteiger partial charge in [0.15, 0.2) is 27.1 Å². The minimum Gasteiger partial charge on any atom is -0.462 e. The molecule has 0 aromatic carbocycles. The van der Waals surface area contributed by atoms with Crippen molar-refractivity contribution >= 4 is 87.4 Å². The van der Waals surface area contributed by atoms with Crippen molar-refractivity contribution in [1.82, 2.24) is 24.6 Å². The molecule has 1 fully saturated rings. The highest BCUT2D eigenvalue weighted by Gasteiger charge is 2.56. The number of alkyl halides is 2. The van der Waals surface area contributed by atoms with Crippen LogP contribution in [-0.4, -0.2) is 83.4 Å². The molecule has 6 N–H and O–H groups in total. The van der Waals surface area contributed by atoms with E-state index in [0.717, 1.165) is 11.8 Å². The van der Waals surface area contributed by atoms with Gasteiger partial charge < -0.3 is 35.1 Å². The molecular weight excluding hydrogens is 652 g/mol. The zero-order valence-corrected chi connectivity index (χ0v) is 28.0. The summed E-state index contributed by atoms with van der Waals surface area (Å²) in [4.78, 5) is 37.0. The fourth-order valence-electron chi connectivity index (χ4n) is 3.65. The topological polar surface area (TPSA) is 199 Å². The van der Waals surface area contributed by atoms with E-state index in [0.29, 0.717) is 5.75 Å². The number of aliphatic hydroxyl groups excluding tert-OH is 1. The van der Waals surface area contributed by atoms with Gasteiger partial charge in [0.25, 0.3) is 6.64 Å². The first-order chi connectivity index (χ1) is 19.4. The van der Waals surface area contributed by atoms with Crippen LogP contribution in [0.3, 0.4) is 0 Å². The molecule has 1 saturated heterocycles. The number of esters is 1. The number of fused-ring (bicyclic) bond motifs is 1. The second-order valence-corrected chi connectivity index (χ2v) is 16.5. The summed E-state index contributed by atoms with van der Waals surface area (Å²) in [5.74, 6) is -0.329. The van der Waals surface area contributed by atoms with Crippen molar-refractivity contribution in [2.24, 2.45) is 5.41 Å². The van der Waals surface area contributed by atoms with Crippen molar-refractivity contribution in [2.45, 2.75) is 76.5 Å². The summed E-state index contributed by atoms with van der Waals surface area (Å²) in [6, 6.07) is -0.891. The highest BCUT2D eigenvalue weighted by molar-refractivity contribution is 8.13. The van der Waals surface area contributed by atoms with Crippen LogP contribution in [-0.2, 0) is 39.9 Å². The van der Waals surface area contributed by atoms with Crippen LogP contribution < -0.4 is 16.6 Å². The lowest BCUT2D eigenvalue weighted by Gasteiger charge is -2.28. The number of nitrogens with two attached hydrogens (primary N) is 2. The summed E-state index contributed by atoms with van der Waals surface area (Å²) < 4.78 is 22.6. The van der Waals surface area contributed by atoms with Crippen molar-refractivity contribution in [3.05, 3.63) is 6.33 Å². The van der Waals surface area contributed by atoms with Gasteiger partial charge in [-0.3, -0.25) is 14.2 Å². The Labute approximate surface area is 263 Å². The molecule has 1 aliphatic rings. The van der Waals surface area contributed by atoms with E-state index < -0.39 is 46.8 Å². The van der Waals surface area contributed by atoms with Gasteiger partial charge in [0.1, 0.15) is 23.8 Å². The summed E-state index contributed by atoms with van der Waals surface area (Å²) in [6.07, 6.45) is -2.76. The number of carbonyl (C=O) groups excluding carboxylic acids is 2. The van der Waals surface area contributed by atoms with Crippen LogP contribution in [0.2, 0.25) is 0 Å². The SMILES string of the molecule is CC(C)OC(=O)[C@@H](C)N[P@](=S)(OCCSC(=O)C(C)(C)C)OC[C@H]1O[C@@H](n2cnc3c(N)nc(N)nc32)C(Cl)(Cl)[C@@H]1O. The Morgan fingerprint density at radius 2 is 1.95 bits per heavy atom. The predicted octanol–water partition coefficient (Wildman–Crippen LogP) is 2.92. The van der Waals surface area contributed by atoms with Crippen molar-refractivity contribution in [1.29, 1.82) is 0 Å². The maximum atomic E-state index is 12.5. The fraction of sp³-hybridized carbons (Fsp3) is 0.696. The van der Waals surface area contributed by atoms with Gasteiger partial charge in [-0.25, -0.2) is 10.1 Å². The molecule has 42 heavy (non-hydrogen) atoms. The van der Waals surface area contributed by atoms with Crippen molar-refractivity contribution in [3.8, 4) is 0 Å². The lowest BCUT2D eigenvalue weighted by atomic mass is 10.00. The number of thioether (sulfide) groups is 1. The van der Waals surface area contributed by atoms with Crippen molar-refractivity contribution < 1.29 is 33.2 Å². The number of hydrogen-bond donors (Lipinski definition) is 4. The number of carbonyl (C=O) groups is 2. The van der Waals surface area contributed by atoms with E-state index in [1.54, 1.807) is 20.8 Å². The normalized spacial score (nSPS) is 22.8. The van der Waals surface area contributed by atoms with E-state index in [9.17, 15) is 14.7 Å². The molecule has 2 aromatic rings. The van der Waals surface area contributed by atoms with E-state index in [4.69, 9.17) is 65.0 Å². The van der Waals surface area contributed by atoms with Crippen molar-refractivity contribution in [2.75, 3.05) is 30.4 Å². The number of ether oxygens (including phenoxy) is 2. The number of imidazole rings is 1. The second kappa shape index (κ2) is 13.8. The average Bonchev–Trinajstić information content (AvgIpc) is 3.37. The quantitative estimate of drug-likeness (QED) is 0.110. The third-order valence-corrected chi connectivity index (χ3v) is 10.5. The number of anilines is 2. The first kappa shape index (κ1) is 35.2. The van der Waals surface area contributed by atoms with Crippen molar-refractivity contribution in [3.63, 3.8) is 0 Å². The number of aliphatic hydroxyl groups is 1. The molecule has 3 heterocycles. The lowest BCUT2D eigenvalue weighted by molar-refractivity contribution is -0.149. The van der Waals surface area contributed by atoms with Gasteiger partial charge in [0.05, 0.1) is 25.6 Å². The molecule has 3 rings (SSSR count). The predicted molar refractivity (Wildman–Crippen MR) is 165 cm³/mol. The Morgan fingerprint density at radius 3 is 2.57 bits per heavy atom. The summed E-state index contributed by atoms with van der Waals surface area (Å²) in [6.45, 7) is 6.74. The molecule has 19 heteroatoms. The fourth-order valence-corrected chi connectivity index (χ4v) is 7.51. The lowest BCUT2D eigenvalue weighted by Crippen LogP contribution is -2.39. The highest BCUT2D eigenvalue weighted by atomic mass is 35.5. The van der Waals surface area contributed by atoms with Gasteiger partial charge in [-0.15, -0.1) is 0 Å². The number of nitrogens with one attached hydrogen (secondary N) is 1. The number of rotatable bonds is 12. The molecule has 0 radical (unpaired) electrons. The number of nitrogen functional groups attached to an aromatic ring is 2. The van der Waals surface area contributed by atoms with E-state index in [2.05, 4.69) is 20.0 Å². The summed E-state index contributed by atoms with van der Waals surface area (Å²) in [5.41, 5.74) is 11.5. The third-order valence-electron chi connectivity index (χ3n) is 5.75. The van der Waals surface area contributed by atoms with Crippen LogP contribution in [0.1, 0.15) is 47.8 Å². The molecule has 2 aromatic heterocycles. The molecule has 0 unspecified atom stereocenters. The zero-order valence-electron chi connectivity index (χ0n) is 23.9. The Hall–Kier alpha value is -1.33. The summed E-state index contributed by atoms with van der Waals surface area (Å²) in [7, 11) is 0. The molecule has 5 atom stereocenters. The number of nitrogens with zero attached hydrogens (tertiary/aromatic N) is 4. The monoisotopic (exact) mass is 687 g/mol. The van der Waals surface area contributed by atoms with Gasteiger partial charge in [0, 0.05) is 11.2 Å². The third kappa shape index (κ3) is 8.43. The number of hydrogen-bond acceptors (Lipinski definition) is 14. The molecule has 0 saturated carbocycles. The van der Waals surface area contributed by atoms with Gasteiger partial charge >= 0.3 is 5.97 Å². The van der Waals surface area contributed by atoms with E-state index >= 15 is 0 Å². The molecule has 14 nitrogen and oxygen atoms in total. The number of aromatic nitrogens is 4. The van der Waals surface area contributed by atoms with Crippen LogP contribution in [0.4, 0.5) is 11.8 Å². The molecule has 0 spiro atoms. The highest BCUT2D eigenvalue weighted by Crippen LogP contribution is 2.50. The van der Waals surface area contributed by atoms with Crippen LogP contribution in [0, 0.1) is 5.41 Å². The van der Waals surface area contributed by atoms with E-state index in [1.807, 2.05) is 20.8 Å². The molecule has 236 valence electrons. The maximum Gasteiger partial charge on any atom is 0.323 e. The maximum absolute atomic E-state index is 12.5. The Balaban J connectivity index is 1.76. The minimum absolute atomic E-state index is 0.0166. The van der Waals surface area contributed by atoms with Gasteiger partial charge in [0.2, 0.25) is 5.95 Å². The van der Waals surface area contributed by atoms with Crippen LogP contribution in [0.25, 0.3) is 11.2 Å². The Morgan fingerprint density at radius 1 is 1.29 bits per heavy atom. The van der Waals surface area contributed by atoms with Crippen LogP contribution in [0.15, 0.2) is 6.33 Å². The molecular formula is C23H36Cl2N7O7PS2. The molecule has 1 aliphatic heterocycles. The van der Waals surface area contributed by atoms with Gasteiger partial charge in [-0.1, -0.05) is 55.7 Å². The summed E-state index contributed by atoms with van der Waals surface area (Å²) in [5, 5.41) is 13.9. The first-order valence-electron chi connectivity index (χ1n) is 12.9. The van der Waals surface area contributed by atoms with E-state index in [1.165, 1.54) is 10.9 Å². The summed E-state index contributed by atoms with van der Waals surface area (Å²) >= 11 is 19.9. The van der Waals surface area contributed by atoms with Gasteiger partial charge in [-0.05, 0) is 32.6 Å². The number of halogens is 2. The Bertz CT molecular complexity index is 1340. The van der Waals surface area contributed by atoms with Crippen LogP contribution >= 0.6 is 41.6 Å². The smallest absolute Gasteiger partial charge is 0.323 e. The molecule has 0 aliphatic carbocycles. The molecule has 0 bridgehead atoms. The first-order valence-corrected chi connectivity index (χ1v) is 17.2. The standard InChI is InChI=1S/C23H36Cl2N7O7PS2/c1-11(2)38-18(34)12(3)31-40(41,36-7-8-42-20(35)22(4,5)6)37-9-13-15(33)23(24,25)19(39-13)32-10-28-14-16(26)29-21(27)30-17(14)32/h10-13,15,19,33H,7-9H2,1-6H3,(H,31,41)(H4,26,27,29,30)/t12-,13-,15-,19-,40+/m1/s1. The largest absolute Gasteiger partial charge is 0.462 e. The minimum atomic E-state index is -3.42.